The van der Waals surface area contributed by atoms with Crippen molar-refractivity contribution in [1.82, 2.24) is 4.98 Å². The Morgan fingerprint density at radius 1 is 1.31 bits per heavy atom. The lowest BCUT2D eigenvalue weighted by Crippen LogP contribution is -2.03. The third-order valence-corrected chi connectivity index (χ3v) is 2.09. The summed E-state index contributed by atoms with van der Waals surface area (Å²) in [6, 6.07) is 6.65. The molecule has 86 valence electrons. The van der Waals surface area contributed by atoms with Crippen LogP contribution in [0.2, 0.25) is 0 Å². The summed E-state index contributed by atoms with van der Waals surface area (Å²) in [7, 11) is 0. The molecule has 2 rings (SSSR count). The Kier molecular flexibility index (Phi) is 4.34. The van der Waals surface area contributed by atoms with Crippen LogP contribution < -0.4 is 10.2 Å². The van der Waals surface area contributed by atoms with E-state index in [9.17, 15) is 4.79 Å². The number of nitrogens with one attached hydrogen (secondary N) is 1. The Morgan fingerprint density at radius 3 is 2.88 bits per heavy atom. The Bertz CT molecular complexity index is 524. The highest BCUT2D eigenvalue weighted by molar-refractivity contribution is 5.85. The Hall–Kier alpha value is -1.52. The molecule has 0 radical (unpaired) electrons. The minimum Gasteiger partial charge on any atom is -0.491 e. The number of rotatable bonds is 3. The topological polar surface area (TPSA) is 62.3 Å². The first-order valence-electron chi connectivity index (χ1n) is 4.66. The van der Waals surface area contributed by atoms with Gasteiger partial charge in [0.15, 0.2) is 5.43 Å². The summed E-state index contributed by atoms with van der Waals surface area (Å²) in [6.45, 7) is 0.228. The molecule has 1 aromatic heterocycles. The molecule has 4 nitrogen and oxygen atoms in total. The number of aliphatic hydroxyl groups excluding tert-OH is 1. The zero-order valence-electron chi connectivity index (χ0n) is 8.47. The highest BCUT2D eigenvalue weighted by Gasteiger charge is 1.99. The number of aromatic nitrogens is 1. The average molecular weight is 242 g/mol. The van der Waals surface area contributed by atoms with Crippen molar-refractivity contribution in [2.75, 3.05) is 13.2 Å². The van der Waals surface area contributed by atoms with Crippen LogP contribution in [0.25, 0.3) is 10.9 Å². The molecule has 0 bridgehead atoms. The third-order valence-electron chi connectivity index (χ3n) is 2.09. The molecule has 0 saturated heterocycles. The van der Waals surface area contributed by atoms with Gasteiger partial charge in [0.05, 0.1) is 12.1 Å². The molecule has 0 aliphatic carbocycles. The zero-order chi connectivity index (χ0) is 10.7. The monoisotopic (exact) mass is 241 g/mol. The summed E-state index contributed by atoms with van der Waals surface area (Å²) in [5.74, 6) is 0.637. The molecule has 0 aliphatic rings. The molecule has 0 atom stereocenters. The first-order chi connectivity index (χ1) is 7.31. The summed E-state index contributed by atoms with van der Waals surface area (Å²) in [5, 5.41) is 9.24. The zero-order valence-corrected chi connectivity index (χ0v) is 9.29. The highest BCUT2D eigenvalue weighted by atomic mass is 35.5. The lowest BCUT2D eigenvalue weighted by molar-refractivity contribution is 0.201. The van der Waals surface area contributed by atoms with E-state index in [1.165, 1.54) is 6.07 Å². The molecule has 0 unspecified atom stereocenters. The van der Waals surface area contributed by atoms with E-state index in [0.717, 1.165) is 5.52 Å². The van der Waals surface area contributed by atoms with Gasteiger partial charge in [-0.1, -0.05) is 0 Å². The van der Waals surface area contributed by atoms with Crippen molar-refractivity contribution >= 4 is 23.3 Å². The van der Waals surface area contributed by atoms with E-state index in [1.54, 1.807) is 24.4 Å². The van der Waals surface area contributed by atoms with Gasteiger partial charge in [-0.15, -0.1) is 12.4 Å². The lowest BCUT2D eigenvalue weighted by atomic mass is 10.2. The molecule has 16 heavy (non-hydrogen) atoms. The highest BCUT2D eigenvalue weighted by Crippen LogP contribution is 2.16. The largest absolute Gasteiger partial charge is 0.491 e. The van der Waals surface area contributed by atoms with Crippen molar-refractivity contribution in [2.45, 2.75) is 0 Å². The van der Waals surface area contributed by atoms with Crippen LogP contribution in [0, 0.1) is 0 Å². The minimum atomic E-state index is -0.0245. The van der Waals surface area contributed by atoms with Crippen LogP contribution in [-0.4, -0.2) is 23.3 Å². The number of pyridine rings is 1. The van der Waals surface area contributed by atoms with Crippen molar-refractivity contribution < 1.29 is 9.84 Å². The van der Waals surface area contributed by atoms with Crippen molar-refractivity contribution in [3.05, 3.63) is 40.7 Å². The Morgan fingerprint density at radius 2 is 2.12 bits per heavy atom. The second-order valence-corrected chi connectivity index (χ2v) is 3.12. The van der Waals surface area contributed by atoms with Crippen molar-refractivity contribution in [1.29, 1.82) is 0 Å². The number of hydrogen-bond donors (Lipinski definition) is 2. The predicted octanol–water partition coefficient (Wildman–Crippen LogP) is 1.32. The van der Waals surface area contributed by atoms with Crippen LogP contribution in [0.4, 0.5) is 0 Å². The normalized spacial score (nSPS) is 9.81. The second kappa shape index (κ2) is 5.53. The average Bonchev–Trinajstić information content (AvgIpc) is 2.26. The number of benzene rings is 1. The molecule has 0 aliphatic heterocycles. The summed E-state index contributed by atoms with van der Waals surface area (Å²) in [6.07, 6.45) is 1.60. The van der Waals surface area contributed by atoms with E-state index in [1.807, 2.05) is 0 Å². The Labute approximate surface area is 98.3 Å². The fourth-order valence-corrected chi connectivity index (χ4v) is 1.41. The van der Waals surface area contributed by atoms with Crippen molar-refractivity contribution in [3.63, 3.8) is 0 Å². The lowest BCUT2D eigenvalue weighted by Gasteiger charge is -2.04. The van der Waals surface area contributed by atoms with Crippen molar-refractivity contribution in [2.24, 2.45) is 0 Å². The smallest absolute Gasteiger partial charge is 0.189 e. The van der Waals surface area contributed by atoms with Gasteiger partial charge >= 0.3 is 0 Å². The van der Waals surface area contributed by atoms with Crippen LogP contribution in [0.1, 0.15) is 0 Å². The van der Waals surface area contributed by atoms with Gasteiger partial charge in [0.1, 0.15) is 12.4 Å². The SMILES string of the molecule is Cl.O=c1cc[nH]c2cc(OCCO)ccc12. The van der Waals surface area contributed by atoms with E-state index in [2.05, 4.69) is 4.98 Å². The maximum atomic E-state index is 11.4. The van der Waals surface area contributed by atoms with Gasteiger partial charge in [0.2, 0.25) is 0 Å². The number of hydrogen-bond acceptors (Lipinski definition) is 3. The first-order valence-corrected chi connectivity index (χ1v) is 4.66. The molecular weight excluding hydrogens is 230 g/mol. The van der Waals surface area contributed by atoms with Gasteiger partial charge in [-0.05, 0) is 12.1 Å². The van der Waals surface area contributed by atoms with Gasteiger partial charge < -0.3 is 14.8 Å². The molecule has 0 fully saturated rings. The van der Waals surface area contributed by atoms with Gasteiger partial charge in [-0.25, -0.2) is 0 Å². The van der Waals surface area contributed by atoms with Gasteiger partial charge in [-0.2, -0.15) is 0 Å². The van der Waals surface area contributed by atoms with Crippen molar-refractivity contribution in [3.8, 4) is 5.75 Å². The summed E-state index contributed by atoms with van der Waals surface area (Å²) in [4.78, 5) is 14.4. The number of aromatic amines is 1. The predicted molar refractivity (Wildman–Crippen MR) is 64.4 cm³/mol. The number of H-pyrrole nitrogens is 1. The summed E-state index contributed by atoms with van der Waals surface area (Å²) >= 11 is 0. The van der Waals surface area contributed by atoms with Crippen LogP contribution >= 0.6 is 12.4 Å². The standard InChI is InChI=1S/C11H11NO3.ClH/c13-5-6-15-8-1-2-9-10(7-8)12-4-3-11(9)14;/h1-4,7,13H,5-6H2,(H,12,14);1H. The molecule has 1 aromatic carbocycles. The van der Waals surface area contributed by atoms with E-state index in [4.69, 9.17) is 9.84 Å². The Balaban J connectivity index is 0.00000128. The molecule has 0 spiro atoms. The minimum absolute atomic E-state index is 0. The molecular formula is C11H12ClNO3. The van der Waals surface area contributed by atoms with Crippen LogP contribution in [-0.2, 0) is 0 Å². The quantitative estimate of drug-likeness (QED) is 0.852. The van der Waals surface area contributed by atoms with Gasteiger partial charge in [0, 0.05) is 23.7 Å². The molecule has 0 saturated carbocycles. The maximum Gasteiger partial charge on any atom is 0.189 e. The fourth-order valence-electron chi connectivity index (χ4n) is 1.41. The molecule has 5 heteroatoms. The molecule has 1 heterocycles. The summed E-state index contributed by atoms with van der Waals surface area (Å²) in [5.41, 5.74) is 0.718. The molecule has 0 amide bonds. The third kappa shape index (κ3) is 2.53. The van der Waals surface area contributed by atoms with Gasteiger partial charge in [-0.3, -0.25) is 4.79 Å². The maximum absolute atomic E-state index is 11.4. The molecule has 2 N–H and O–H groups in total. The van der Waals surface area contributed by atoms with E-state index in [0.29, 0.717) is 11.1 Å². The first kappa shape index (κ1) is 12.5. The number of fused-ring (bicyclic) bond motifs is 1. The summed E-state index contributed by atoms with van der Waals surface area (Å²) < 4.78 is 5.23. The molecule has 2 aromatic rings. The number of aliphatic hydroxyl groups is 1. The van der Waals surface area contributed by atoms with Crippen LogP contribution in [0.15, 0.2) is 35.3 Å². The van der Waals surface area contributed by atoms with E-state index in [-0.39, 0.29) is 31.0 Å². The van der Waals surface area contributed by atoms with E-state index < -0.39 is 0 Å². The number of ether oxygens (including phenoxy) is 1. The fraction of sp³-hybridized carbons (Fsp3) is 0.182. The van der Waals surface area contributed by atoms with Crippen LogP contribution in [0.3, 0.4) is 0 Å². The van der Waals surface area contributed by atoms with Crippen LogP contribution in [0.5, 0.6) is 5.75 Å². The van der Waals surface area contributed by atoms with Gasteiger partial charge in [0.25, 0.3) is 0 Å². The second-order valence-electron chi connectivity index (χ2n) is 3.12. The number of halogens is 1. The van der Waals surface area contributed by atoms with E-state index >= 15 is 0 Å².